The van der Waals surface area contributed by atoms with Crippen LogP contribution in [0, 0.1) is 17.8 Å². The Kier molecular flexibility index (Phi) is 7.48. The van der Waals surface area contributed by atoms with Crippen molar-refractivity contribution in [2.75, 3.05) is 27.2 Å². The van der Waals surface area contributed by atoms with E-state index in [4.69, 9.17) is 4.74 Å². The molecule has 2 rings (SSSR count). The second-order valence-electron chi connectivity index (χ2n) is 9.11. The van der Waals surface area contributed by atoms with Gasteiger partial charge in [0.25, 0.3) is 0 Å². The van der Waals surface area contributed by atoms with Gasteiger partial charge in [-0.2, -0.15) is 0 Å². The number of ether oxygens (including phenoxy) is 1. The molecule has 0 aromatic heterocycles. The van der Waals surface area contributed by atoms with Gasteiger partial charge in [-0.1, -0.05) is 57.5 Å². The first-order valence-corrected chi connectivity index (χ1v) is 9.92. The highest BCUT2D eigenvalue weighted by molar-refractivity contribution is 5.13. The Morgan fingerprint density at radius 2 is 1.84 bits per heavy atom. The first-order valence-electron chi connectivity index (χ1n) is 9.92. The molecule has 142 valence electrons. The van der Waals surface area contributed by atoms with Gasteiger partial charge in [-0.25, -0.2) is 0 Å². The Morgan fingerprint density at radius 3 is 2.48 bits per heavy atom. The lowest BCUT2D eigenvalue weighted by molar-refractivity contribution is -0.906. The quantitative estimate of drug-likeness (QED) is 0.717. The molecule has 1 saturated carbocycles. The topological polar surface area (TPSA) is 29.5 Å². The highest BCUT2D eigenvalue weighted by atomic mass is 16.5. The van der Waals surface area contributed by atoms with E-state index in [-0.39, 0.29) is 0 Å². The normalized spacial score (nSPS) is 26.0. The molecule has 0 bridgehead atoms. The zero-order valence-corrected chi connectivity index (χ0v) is 16.8. The number of nitrogens with zero attached hydrogens (tertiary/aromatic N) is 1. The minimum Gasteiger partial charge on any atom is -0.385 e. The predicted molar refractivity (Wildman–Crippen MR) is 104 cm³/mol. The molecule has 0 unspecified atom stereocenters. The van der Waals surface area contributed by atoms with Crippen LogP contribution >= 0.6 is 0 Å². The summed E-state index contributed by atoms with van der Waals surface area (Å²) in [6.45, 7) is 9.01. The molecule has 1 N–H and O–H groups in total. The molecule has 1 fully saturated rings. The van der Waals surface area contributed by atoms with Gasteiger partial charge in [-0.3, -0.25) is 0 Å². The maximum Gasteiger partial charge on any atom is 0.126 e. The van der Waals surface area contributed by atoms with E-state index >= 15 is 0 Å². The molecule has 1 aromatic carbocycles. The molecule has 1 aliphatic rings. The van der Waals surface area contributed by atoms with E-state index in [1.54, 1.807) is 0 Å². The number of likely N-dealkylation sites (N-methyl/N-ethyl adjacent to an activating group) is 1. The molecule has 1 aliphatic carbocycles. The molecule has 3 nitrogen and oxygen atoms in total. The van der Waals surface area contributed by atoms with Crippen LogP contribution in [0.1, 0.15) is 45.6 Å². The van der Waals surface area contributed by atoms with Crippen molar-refractivity contribution >= 4 is 0 Å². The maximum absolute atomic E-state index is 10.5. The van der Waals surface area contributed by atoms with E-state index in [0.29, 0.717) is 31.1 Å². The van der Waals surface area contributed by atoms with Crippen molar-refractivity contribution in [3.8, 4) is 0 Å². The largest absolute Gasteiger partial charge is 0.385 e. The SMILES string of the molecule is CC(C)[C@@H]1CC[C@@H](C)C[C@H]1OC[C@H](O)C[N+](C)(C)Cc1ccccc1. The Labute approximate surface area is 154 Å². The summed E-state index contributed by atoms with van der Waals surface area (Å²) in [5, 5.41) is 10.5. The molecule has 3 heteroatoms. The van der Waals surface area contributed by atoms with Gasteiger partial charge in [0, 0.05) is 5.56 Å². The van der Waals surface area contributed by atoms with Crippen molar-refractivity contribution in [1.82, 2.24) is 0 Å². The summed E-state index contributed by atoms with van der Waals surface area (Å²) in [5.74, 6) is 2.03. The third kappa shape index (κ3) is 6.73. The van der Waals surface area contributed by atoms with Crippen molar-refractivity contribution in [3.63, 3.8) is 0 Å². The minimum absolute atomic E-state index is 0.308. The predicted octanol–water partition coefficient (Wildman–Crippen LogP) is 4.10. The maximum atomic E-state index is 10.5. The molecule has 0 spiro atoms. The van der Waals surface area contributed by atoms with Crippen molar-refractivity contribution in [3.05, 3.63) is 35.9 Å². The Balaban J connectivity index is 1.83. The highest BCUT2D eigenvalue weighted by Gasteiger charge is 2.32. The van der Waals surface area contributed by atoms with Gasteiger partial charge in [-0.05, 0) is 30.6 Å². The lowest BCUT2D eigenvalue weighted by Crippen LogP contribution is -2.46. The van der Waals surface area contributed by atoms with E-state index in [1.807, 2.05) is 6.07 Å². The van der Waals surface area contributed by atoms with Gasteiger partial charge in [0.05, 0.1) is 26.8 Å². The average Bonchev–Trinajstić information content (AvgIpc) is 2.52. The Hall–Kier alpha value is -0.900. The lowest BCUT2D eigenvalue weighted by atomic mass is 9.75. The number of hydrogen-bond donors (Lipinski definition) is 1. The van der Waals surface area contributed by atoms with E-state index < -0.39 is 6.10 Å². The second kappa shape index (κ2) is 9.16. The lowest BCUT2D eigenvalue weighted by Gasteiger charge is -2.38. The summed E-state index contributed by atoms with van der Waals surface area (Å²) in [6, 6.07) is 10.5. The van der Waals surface area contributed by atoms with Gasteiger partial charge in [-0.15, -0.1) is 0 Å². The van der Waals surface area contributed by atoms with Crippen LogP contribution in [-0.2, 0) is 11.3 Å². The average molecular weight is 349 g/mol. The van der Waals surface area contributed by atoms with E-state index in [2.05, 4.69) is 59.1 Å². The van der Waals surface area contributed by atoms with Gasteiger partial charge < -0.3 is 14.3 Å². The van der Waals surface area contributed by atoms with Crippen molar-refractivity contribution in [2.45, 2.75) is 58.8 Å². The summed E-state index contributed by atoms with van der Waals surface area (Å²) in [4.78, 5) is 0. The molecule has 4 atom stereocenters. The van der Waals surface area contributed by atoms with E-state index in [0.717, 1.165) is 23.4 Å². The Morgan fingerprint density at radius 1 is 1.16 bits per heavy atom. The summed E-state index contributed by atoms with van der Waals surface area (Å²) >= 11 is 0. The summed E-state index contributed by atoms with van der Waals surface area (Å²) in [6.07, 6.45) is 3.60. The number of rotatable bonds is 8. The fourth-order valence-corrected chi connectivity index (χ4v) is 4.31. The van der Waals surface area contributed by atoms with Crippen molar-refractivity contribution in [2.24, 2.45) is 17.8 Å². The van der Waals surface area contributed by atoms with E-state index in [9.17, 15) is 5.11 Å². The van der Waals surface area contributed by atoms with Crippen LogP contribution in [0.25, 0.3) is 0 Å². The molecular weight excluding hydrogens is 310 g/mol. The number of benzene rings is 1. The monoisotopic (exact) mass is 348 g/mol. The van der Waals surface area contributed by atoms with Crippen LogP contribution in [0.15, 0.2) is 30.3 Å². The van der Waals surface area contributed by atoms with Crippen LogP contribution in [0.2, 0.25) is 0 Å². The van der Waals surface area contributed by atoms with Gasteiger partial charge in [0.2, 0.25) is 0 Å². The van der Waals surface area contributed by atoms with Crippen LogP contribution in [-0.4, -0.2) is 49.0 Å². The van der Waals surface area contributed by atoms with Crippen molar-refractivity contribution in [1.29, 1.82) is 0 Å². The second-order valence-corrected chi connectivity index (χ2v) is 9.11. The molecule has 0 aliphatic heterocycles. The van der Waals surface area contributed by atoms with Gasteiger partial charge >= 0.3 is 0 Å². The van der Waals surface area contributed by atoms with Gasteiger partial charge in [0.15, 0.2) is 0 Å². The van der Waals surface area contributed by atoms with Crippen LogP contribution in [0.5, 0.6) is 0 Å². The fraction of sp³-hybridized carbons (Fsp3) is 0.727. The molecule has 1 aromatic rings. The van der Waals surface area contributed by atoms with Crippen LogP contribution in [0.4, 0.5) is 0 Å². The Bertz CT molecular complexity index is 500. The minimum atomic E-state index is -0.413. The molecule has 0 amide bonds. The van der Waals surface area contributed by atoms with Gasteiger partial charge in [0.1, 0.15) is 19.2 Å². The number of aliphatic hydroxyl groups is 1. The first-order chi connectivity index (χ1) is 11.8. The zero-order chi connectivity index (χ0) is 18.4. The molecule has 0 heterocycles. The summed E-state index contributed by atoms with van der Waals surface area (Å²) in [5.41, 5.74) is 1.31. The third-order valence-electron chi connectivity index (χ3n) is 5.62. The zero-order valence-electron chi connectivity index (χ0n) is 16.8. The first kappa shape index (κ1) is 20.4. The summed E-state index contributed by atoms with van der Waals surface area (Å²) in [7, 11) is 4.35. The van der Waals surface area contributed by atoms with Crippen LogP contribution in [0.3, 0.4) is 0 Å². The smallest absolute Gasteiger partial charge is 0.126 e. The fourth-order valence-electron chi connectivity index (χ4n) is 4.31. The van der Waals surface area contributed by atoms with Crippen molar-refractivity contribution < 1.29 is 14.3 Å². The number of quaternary nitrogens is 1. The number of aliphatic hydroxyl groups excluding tert-OH is 1. The third-order valence-corrected chi connectivity index (χ3v) is 5.62. The van der Waals surface area contributed by atoms with Crippen LogP contribution < -0.4 is 0 Å². The summed E-state index contributed by atoms with van der Waals surface area (Å²) < 4.78 is 6.99. The molecule has 0 radical (unpaired) electrons. The molecular formula is C22H38NO2+. The standard InChI is InChI=1S/C22H38NO2/c1-17(2)21-12-11-18(3)13-22(21)25-16-20(24)15-23(4,5)14-19-9-7-6-8-10-19/h6-10,17-18,20-22,24H,11-16H2,1-5H3/q+1/t18-,20-,21+,22-/m1/s1. The number of hydrogen-bond acceptors (Lipinski definition) is 2. The highest BCUT2D eigenvalue weighted by Crippen LogP contribution is 2.35. The van der Waals surface area contributed by atoms with E-state index in [1.165, 1.54) is 18.4 Å². The molecule has 25 heavy (non-hydrogen) atoms. The molecule has 0 saturated heterocycles.